The Morgan fingerprint density at radius 3 is 2.61 bits per heavy atom. The summed E-state index contributed by atoms with van der Waals surface area (Å²) >= 11 is 7.69. The zero-order valence-electron chi connectivity index (χ0n) is 13.2. The Morgan fingerprint density at radius 2 is 1.78 bits per heavy atom. The third-order valence-electron chi connectivity index (χ3n) is 4.07. The van der Waals surface area contributed by atoms with Gasteiger partial charge in [-0.25, -0.2) is 0 Å². The number of thioether (sulfide) groups is 1. The maximum Gasteiger partial charge on any atom is 0.0593 e. The topological polar surface area (TPSA) is 12.5 Å². The molecule has 0 aromatic heterocycles. The Hall–Kier alpha value is -1.00. The molecule has 2 aromatic carbocycles. The number of halogens is 1. The monoisotopic (exact) mass is 347 g/mol. The molecule has 3 rings (SSSR count). The normalized spacial score (nSPS) is 14.7. The summed E-state index contributed by atoms with van der Waals surface area (Å²) in [6.45, 7) is 4.81. The number of hydrogen-bond acceptors (Lipinski definition) is 3. The fraction of sp³-hybridized carbons (Fsp3) is 0.368. The van der Waals surface area contributed by atoms with E-state index in [1.807, 2.05) is 23.9 Å². The van der Waals surface area contributed by atoms with Crippen molar-refractivity contribution in [3.8, 4) is 0 Å². The maximum atomic E-state index is 5.88. The van der Waals surface area contributed by atoms with Crippen LogP contribution in [-0.4, -0.2) is 37.0 Å². The first-order valence-electron chi connectivity index (χ1n) is 8.06. The summed E-state index contributed by atoms with van der Waals surface area (Å²) in [5.74, 6) is 0.977. The third-order valence-corrected chi connectivity index (χ3v) is 5.30. The van der Waals surface area contributed by atoms with Crippen molar-refractivity contribution in [3.05, 3.63) is 64.7 Å². The van der Waals surface area contributed by atoms with Gasteiger partial charge in [-0.1, -0.05) is 35.9 Å². The first-order valence-corrected chi connectivity index (χ1v) is 9.43. The van der Waals surface area contributed by atoms with Gasteiger partial charge in [0, 0.05) is 35.3 Å². The molecule has 2 nitrogen and oxygen atoms in total. The second-order valence-corrected chi connectivity index (χ2v) is 7.31. The standard InChI is InChI=1S/C19H22ClNOS/c20-18-5-7-19(8-6-18)23-14-13-22-12-11-21-10-9-16-3-1-2-4-17(16)15-21/h1-8H,9-15H2. The highest BCUT2D eigenvalue weighted by atomic mass is 35.5. The molecule has 1 aliphatic heterocycles. The van der Waals surface area contributed by atoms with Crippen molar-refractivity contribution in [2.75, 3.05) is 32.1 Å². The average Bonchev–Trinajstić information content (AvgIpc) is 2.59. The molecule has 1 aliphatic rings. The maximum absolute atomic E-state index is 5.88. The minimum Gasteiger partial charge on any atom is -0.379 e. The van der Waals surface area contributed by atoms with E-state index >= 15 is 0 Å². The van der Waals surface area contributed by atoms with Gasteiger partial charge in [0.25, 0.3) is 0 Å². The highest BCUT2D eigenvalue weighted by Gasteiger charge is 2.14. The van der Waals surface area contributed by atoms with Gasteiger partial charge in [-0.3, -0.25) is 4.90 Å². The number of ether oxygens (including phenoxy) is 1. The first-order chi connectivity index (χ1) is 11.3. The molecule has 0 fully saturated rings. The van der Waals surface area contributed by atoms with Crippen LogP contribution in [-0.2, 0) is 17.7 Å². The fourth-order valence-electron chi connectivity index (χ4n) is 2.79. The Balaban J connectivity index is 1.29. The molecule has 23 heavy (non-hydrogen) atoms. The molecule has 0 N–H and O–H groups in total. The summed E-state index contributed by atoms with van der Waals surface area (Å²) in [6.07, 6.45) is 1.16. The average molecular weight is 348 g/mol. The summed E-state index contributed by atoms with van der Waals surface area (Å²) in [7, 11) is 0. The van der Waals surface area contributed by atoms with E-state index in [4.69, 9.17) is 16.3 Å². The minimum atomic E-state index is 0.786. The summed E-state index contributed by atoms with van der Waals surface area (Å²) in [4.78, 5) is 3.72. The van der Waals surface area contributed by atoms with Crippen LogP contribution in [0.2, 0.25) is 5.02 Å². The second-order valence-electron chi connectivity index (χ2n) is 5.71. The van der Waals surface area contributed by atoms with E-state index in [2.05, 4.69) is 41.3 Å². The Morgan fingerprint density at radius 1 is 1.00 bits per heavy atom. The van der Waals surface area contributed by atoms with Crippen LogP contribution in [0, 0.1) is 0 Å². The number of hydrogen-bond donors (Lipinski definition) is 0. The van der Waals surface area contributed by atoms with E-state index in [-0.39, 0.29) is 0 Å². The van der Waals surface area contributed by atoms with Crippen LogP contribution in [0.15, 0.2) is 53.4 Å². The Kier molecular flexibility index (Phi) is 6.40. The molecular formula is C19H22ClNOS. The molecule has 0 amide bonds. The molecule has 0 saturated carbocycles. The van der Waals surface area contributed by atoms with Gasteiger partial charge >= 0.3 is 0 Å². The molecule has 4 heteroatoms. The predicted molar refractivity (Wildman–Crippen MR) is 98.4 cm³/mol. The minimum absolute atomic E-state index is 0.786. The van der Waals surface area contributed by atoms with Gasteiger partial charge in [0.15, 0.2) is 0 Å². The van der Waals surface area contributed by atoms with E-state index in [0.717, 1.165) is 50.0 Å². The largest absolute Gasteiger partial charge is 0.379 e. The van der Waals surface area contributed by atoms with E-state index in [9.17, 15) is 0 Å². The lowest BCUT2D eigenvalue weighted by atomic mass is 10.0. The van der Waals surface area contributed by atoms with Crippen molar-refractivity contribution in [1.82, 2.24) is 4.90 Å². The van der Waals surface area contributed by atoms with E-state index in [0.29, 0.717) is 0 Å². The molecule has 0 spiro atoms. The zero-order chi connectivity index (χ0) is 15.9. The quantitative estimate of drug-likeness (QED) is 0.540. The third kappa shape index (κ3) is 5.25. The predicted octanol–water partition coefficient (Wildman–Crippen LogP) is 4.51. The zero-order valence-corrected chi connectivity index (χ0v) is 14.8. The van der Waals surface area contributed by atoms with Crippen molar-refractivity contribution in [2.45, 2.75) is 17.9 Å². The Bertz CT molecular complexity index is 617. The van der Waals surface area contributed by atoms with Gasteiger partial charge in [0.2, 0.25) is 0 Å². The van der Waals surface area contributed by atoms with Crippen LogP contribution >= 0.6 is 23.4 Å². The number of rotatable bonds is 7. The SMILES string of the molecule is Clc1ccc(SCCOCCN2CCc3ccccc3C2)cc1. The van der Waals surface area contributed by atoms with Crippen LogP contribution in [0.5, 0.6) is 0 Å². The van der Waals surface area contributed by atoms with Gasteiger partial charge < -0.3 is 4.74 Å². The second kappa shape index (κ2) is 8.74. The first kappa shape index (κ1) is 16.8. The fourth-order valence-corrected chi connectivity index (χ4v) is 3.68. The van der Waals surface area contributed by atoms with Crippen LogP contribution in [0.1, 0.15) is 11.1 Å². The lowest BCUT2D eigenvalue weighted by molar-refractivity contribution is 0.110. The Labute approximate surface area is 147 Å². The van der Waals surface area contributed by atoms with E-state index in [1.54, 1.807) is 0 Å². The number of fused-ring (bicyclic) bond motifs is 1. The molecular weight excluding hydrogens is 326 g/mol. The van der Waals surface area contributed by atoms with Gasteiger partial charge in [-0.2, -0.15) is 0 Å². The smallest absolute Gasteiger partial charge is 0.0593 e. The van der Waals surface area contributed by atoms with Crippen molar-refractivity contribution in [1.29, 1.82) is 0 Å². The van der Waals surface area contributed by atoms with Crippen LogP contribution in [0.3, 0.4) is 0 Å². The van der Waals surface area contributed by atoms with Gasteiger partial charge in [-0.15, -0.1) is 11.8 Å². The van der Waals surface area contributed by atoms with Crippen LogP contribution in [0.25, 0.3) is 0 Å². The van der Waals surface area contributed by atoms with Gasteiger partial charge in [0.05, 0.1) is 13.2 Å². The molecule has 122 valence electrons. The molecule has 0 aliphatic carbocycles. The molecule has 0 atom stereocenters. The molecule has 0 radical (unpaired) electrons. The van der Waals surface area contributed by atoms with E-state index < -0.39 is 0 Å². The molecule has 1 heterocycles. The number of nitrogens with zero attached hydrogens (tertiary/aromatic N) is 1. The van der Waals surface area contributed by atoms with Gasteiger partial charge in [0.1, 0.15) is 0 Å². The summed E-state index contributed by atoms with van der Waals surface area (Å²) in [5, 5.41) is 0.786. The molecule has 0 bridgehead atoms. The summed E-state index contributed by atoms with van der Waals surface area (Å²) in [5.41, 5.74) is 2.97. The summed E-state index contributed by atoms with van der Waals surface area (Å²) < 4.78 is 5.78. The lowest BCUT2D eigenvalue weighted by Gasteiger charge is -2.28. The van der Waals surface area contributed by atoms with E-state index in [1.165, 1.54) is 16.0 Å². The molecule has 2 aromatic rings. The van der Waals surface area contributed by atoms with Crippen molar-refractivity contribution >= 4 is 23.4 Å². The molecule has 0 unspecified atom stereocenters. The van der Waals surface area contributed by atoms with Crippen molar-refractivity contribution in [3.63, 3.8) is 0 Å². The van der Waals surface area contributed by atoms with Crippen molar-refractivity contribution in [2.24, 2.45) is 0 Å². The van der Waals surface area contributed by atoms with Crippen LogP contribution in [0.4, 0.5) is 0 Å². The molecule has 0 saturated heterocycles. The highest BCUT2D eigenvalue weighted by Crippen LogP contribution is 2.20. The van der Waals surface area contributed by atoms with Crippen molar-refractivity contribution < 1.29 is 4.74 Å². The number of benzene rings is 2. The summed E-state index contributed by atoms with van der Waals surface area (Å²) in [6, 6.07) is 16.7. The lowest BCUT2D eigenvalue weighted by Crippen LogP contribution is -2.33. The van der Waals surface area contributed by atoms with Gasteiger partial charge in [-0.05, 0) is 41.8 Å². The van der Waals surface area contributed by atoms with Crippen LogP contribution < -0.4 is 0 Å². The highest BCUT2D eigenvalue weighted by molar-refractivity contribution is 7.99.